The summed E-state index contributed by atoms with van der Waals surface area (Å²) in [5, 5.41) is 3.10. The zero-order chi connectivity index (χ0) is 16.8. The molecule has 1 aliphatic rings. The van der Waals surface area contributed by atoms with Crippen LogP contribution < -0.4 is 5.32 Å². The van der Waals surface area contributed by atoms with Crippen molar-refractivity contribution in [3.8, 4) is 0 Å². The van der Waals surface area contributed by atoms with Crippen molar-refractivity contribution >= 4 is 5.91 Å². The van der Waals surface area contributed by atoms with Crippen molar-refractivity contribution in [2.45, 2.75) is 31.7 Å². The molecule has 3 rings (SSSR count). The molecule has 0 aromatic heterocycles. The number of nitrogens with one attached hydrogen (secondary N) is 1. The lowest BCUT2D eigenvalue weighted by Crippen LogP contribution is -2.31. The quantitative estimate of drug-likeness (QED) is 0.878. The Labute approximate surface area is 144 Å². The summed E-state index contributed by atoms with van der Waals surface area (Å²) in [6, 6.07) is 20.9. The van der Waals surface area contributed by atoms with Gasteiger partial charge in [-0.1, -0.05) is 60.7 Å². The van der Waals surface area contributed by atoms with Crippen LogP contribution in [0, 0.1) is 0 Å². The van der Waals surface area contributed by atoms with Gasteiger partial charge >= 0.3 is 0 Å². The van der Waals surface area contributed by atoms with E-state index in [1.807, 2.05) is 25.1 Å². The van der Waals surface area contributed by atoms with Gasteiger partial charge in [0, 0.05) is 19.5 Å². The van der Waals surface area contributed by atoms with Crippen molar-refractivity contribution in [1.82, 2.24) is 10.2 Å². The predicted octanol–water partition coefficient (Wildman–Crippen LogP) is 3.74. The molecule has 1 amide bonds. The minimum atomic E-state index is 0.0642. The lowest BCUT2D eigenvalue weighted by atomic mass is 9.99. The predicted molar refractivity (Wildman–Crippen MR) is 97.9 cm³/mol. The number of likely N-dealkylation sites (tertiary alicyclic amines) is 1. The summed E-state index contributed by atoms with van der Waals surface area (Å²) in [4.78, 5) is 14.6. The molecule has 2 aromatic carbocycles. The summed E-state index contributed by atoms with van der Waals surface area (Å²) < 4.78 is 0. The van der Waals surface area contributed by atoms with Crippen LogP contribution in [0.2, 0.25) is 0 Å². The number of nitrogens with zero attached hydrogens (tertiary/aromatic N) is 1. The highest BCUT2D eigenvalue weighted by Crippen LogP contribution is 2.26. The van der Waals surface area contributed by atoms with Crippen LogP contribution in [-0.4, -0.2) is 30.4 Å². The highest BCUT2D eigenvalue weighted by Gasteiger charge is 2.23. The fraction of sp³-hybridized carbons (Fsp3) is 0.381. The van der Waals surface area contributed by atoms with Crippen molar-refractivity contribution < 1.29 is 4.79 Å². The van der Waals surface area contributed by atoms with Crippen molar-refractivity contribution in [2.24, 2.45) is 0 Å². The van der Waals surface area contributed by atoms with Crippen LogP contribution >= 0.6 is 0 Å². The van der Waals surface area contributed by atoms with Crippen LogP contribution in [0.1, 0.15) is 42.9 Å². The number of benzene rings is 2. The maximum Gasteiger partial charge on any atom is 0.221 e. The topological polar surface area (TPSA) is 32.3 Å². The Morgan fingerprint density at radius 1 is 1.12 bits per heavy atom. The zero-order valence-corrected chi connectivity index (χ0v) is 14.3. The van der Waals surface area contributed by atoms with Gasteiger partial charge in [-0.2, -0.15) is 0 Å². The van der Waals surface area contributed by atoms with Crippen LogP contribution in [-0.2, 0) is 4.79 Å². The second-order valence-corrected chi connectivity index (χ2v) is 6.65. The molecule has 24 heavy (non-hydrogen) atoms. The monoisotopic (exact) mass is 322 g/mol. The Morgan fingerprint density at radius 3 is 2.50 bits per heavy atom. The van der Waals surface area contributed by atoms with E-state index in [2.05, 4.69) is 52.7 Å². The van der Waals surface area contributed by atoms with Crippen molar-refractivity contribution in [3.05, 3.63) is 71.8 Å². The van der Waals surface area contributed by atoms with Crippen LogP contribution in [0.4, 0.5) is 0 Å². The van der Waals surface area contributed by atoms with E-state index in [1.54, 1.807) is 0 Å². The molecular weight excluding hydrogens is 296 g/mol. The molecule has 0 radical (unpaired) electrons. The smallest absolute Gasteiger partial charge is 0.221 e. The largest absolute Gasteiger partial charge is 0.350 e. The number of hydrogen-bond donors (Lipinski definition) is 1. The van der Waals surface area contributed by atoms with Crippen LogP contribution in [0.25, 0.3) is 0 Å². The van der Waals surface area contributed by atoms with Gasteiger partial charge in [-0.15, -0.1) is 0 Å². The highest BCUT2D eigenvalue weighted by atomic mass is 16.1. The van der Waals surface area contributed by atoms with Gasteiger partial charge in [-0.05, 0) is 36.9 Å². The zero-order valence-electron chi connectivity index (χ0n) is 14.3. The first-order valence-corrected chi connectivity index (χ1v) is 8.84. The molecule has 0 saturated carbocycles. The van der Waals surface area contributed by atoms with Crippen LogP contribution in [0.3, 0.4) is 0 Å². The molecule has 0 aliphatic carbocycles. The minimum Gasteiger partial charge on any atom is -0.350 e. The number of carbonyl (C=O) groups is 1. The van der Waals surface area contributed by atoms with Gasteiger partial charge in [0.1, 0.15) is 0 Å². The van der Waals surface area contributed by atoms with Gasteiger partial charge in [-0.3, -0.25) is 4.79 Å². The molecule has 126 valence electrons. The number of carbonyl (C=O) groups excluding carboxylic acids is 1. The van der Waals surface area contributed by atoms with E-state index in [4.69, 9.17) is 0 Å². The van der Waals surface area contributed by atoms with Crippen molar-refractivity contribution in [3.63, 3.8) is 0 Å². The van der Waals surface area contributed by atoms with Gasteiger partial charge in [0.15, 0.2) is 0 Å². The van der Waals surface area contributed by atoms with E-state index in [-0.39, 0.29) is 11.9 Å². The van der Waals surface area contributed by atoms with E-state index in [1.165, 1.54) is 12.0 Å². The summed E-state index contributed by atoms with van der Waals surface area (Å²) in [5.74, 6) is 0.743. The standard InChI is InChI=1S/C21H26N2O/c1-17(18-8-4-2-5-9-18)22-21(24)13-15-23-14-12-20(16-23)19-10-6-3-7-11-19/h2-11,17,20H,12-16H2,1H3,(H,22,24). The van der Waals surface area contributed by atoms with Gasteiger partial charge in [-0.25, -0.2) is 0 Å². The molecule has 2 aromatic rings. The first-order chi connectivity index (χ1) is 11.7. The molecule has 2 atom stereocenters. The summed E-state index contributed by atoms with van der Waals surface area (Å²) >= 11 is 0. The Hall–Kier alpha value is -2.13. The SMILES string of the molecule is CC(NC(=O)CCN1CCC(c2ccccc2)C1)c1ccccc1. The van der Waals surface area contributed by atoms with E-state index in [0.29, 0.717) is 12.3 Å². The molecule has 3 heteroatoms. The Bertz CT molecular complexity index is 641. The molecule has 3 nitrogen and oxygen atoms in total. The minimum absolute atomic E-state index is 0.0642. The average molecular weight is 322 g/mol. The molecule has 1 aliphatic heterocycles. The number of rotatable bonds is 6. The van der Waals surface area contributed by atoms with Gasteiger partial charge in [0.2, 0.25) is 5.91 Å². The molecular formula is C21H26N2O. The first kappa shape index (κ1) is 16.7. The van der Waals surface area contributed by atoms with E-state index in [9.17, 15) is 4.79 Å². The van der Waals surface area contributed by atoms with Crippen LogP contribution in [0.15, 0.2) is 60.7 Å². The first-order valence-electron chi connectivity index (χ1n) is 8.84. The second kappa shape index (κ2) is 8.11. The molecule has 0 bridgehead atoms. The van der Waals surface area contributed by atoms with Gasteiger partial charge < -0.3 is 10.2 Å². The maximum atomic E-state index is 12.2. The van der Waals surface area contributed by atoms with E-state index >= 15 is 0 Å². The lowest BCUT2D eigenvalue weighted by molar-refractivity contribution is -0.122. The molecule has 0 spiro atoms. The average Bonchev–Trinajstić information content (AvgIpc) is 3.10. The lowest BCUT2D eigenvalue weighted by Gasteiger charge is -2.18. The Morgan fingerprint density at radius 2 is 1.79 bits per heavy atom. The normalized spacial score (nSPS) is 19.1. The fourth-order valence-electron chi connectivity index (χ4n) is 3.43. The molecule has 1 N–H and O–H groups in total. The van der Waals surface area contributed by atoms with E-state index in [0.717, 1.165) is 25.2 Å². The molecule has 1 fully saturated rings. The van der Waals surface area contributed by atoms with Crippen LogP contribution in [0.5, 0.6) is 0 Å². The van der Waals surface area contributed by atoms with Crippen molar-refractivity contribution in [2.75, 3.05) is 19.6 Å². The second-order valence-electron chi connectivity index (χ2n) is 6.65. The molecule has 1 heterocycles. The molecule has 1 saturated heterocycles. The Balaban J connectivity index is 1.42. The van der Waals surface area contributed by atoms with Gasteiger partial charge in [0.25, 0.3) is 0 Å². The van der Waals surface area contributed by atoms with Gasteiger partial charge in [0.05, 0.1) is 6.04 Å². The fourth-order valence-corrected chi connectivity index (χ4v) is 3.43. The summed E-state index contributed by atoms with van der Waals surface area (Å²) in [7, 11) is 0. The third kappa shape index (κ3) is 4.45. The maximum absolute atomic E-state index is 12.2. The molecule has 2 unspecified atom stereocenters. The van der Waals surface area contributed by atoms with Crippen molar-refractivity contribution in [1.29, 1.82) is 0 Å². The summed E-state index contributed by atoms with van der Waals surface area (Å²) in [6.07, 6.45) is 1.75. The summed E-state index contributed by atoms with van der Waals surface area (Å²) in [5.41, 5.74) is 2.57. The summed E-state index contributed by atoms with van der Waals surface area (Å²) in [6.45, 7) is 5.03. The number of hydrogen-bond acceptors (Lipinski definition) is 2. The third-order valence-corrected chi connectivity index (χ3v) is 4.88. The highest BCUT2D eigenvalue weighted by molar-refractivity contribution is 5.76. The number of amides is 1. The Kier molecular flexibility index (Phi) is 5.65. The third-order valence-electron chi connectivity index (χ3n) is 4.88. The van der Waals surface area contributed by atoms with E-state index < -0.39 is 0 Å².